The summed E-state index contributed by atoms with van der Waals surface area (Å²) in [7, 11) is -3.69. The van der Waals surface area contributed by atoms with Crippen LogP contribution in [-0.2, 0) is 25.9 Å². The number of aliphatic hydroxyl groups is 1. The Bertz CT molecular complexity index is 1380. The van der Waals surface area contributed by atoms with E-state index >= 15 is 0 Å². The number of nitrogens with zero attached hydrogens (tertiary/aromatic N) is 1. The Balaban J connectivity index is 1.56. The van der Waals surface area contributed by atoms with Crippen LogP contribution in [0.3, 0.4) is 0 Å². The van der Waals surface area contributed by atoms with Gasteiger partial charge in [-0.25, -0.2) is 17.8 Å². The van der Waals surface area contributed by atoms with E-state index in [1.165, 1.54) is 18.2 Å². The summed E-state index contributed by atoms with van der Waals surface area (Å²) in [6, 6.07) is 21.0. The van der Waals surface area contributed by atoms with Crippen LogP contribution in [0.4, 0.5) is 4.39 Å². The van der Waals surface area contributed by atoms with Gasteiger partial charge in [0, 0.05) is 30.7 Å². The van der Waals surface area contributed by atoms with Crippen molar-refractivity contribution in [2.24, 2.45) is 4.99 Å². The zero-order valence-corrected chi connectivity index (χ0v) is 21.5. The first-order valence-electron chi connectivity index (χ1n) is 12.2. The van der Waals surface area contributed by atoms with Crippen molar-refractivity contribution in [1.29, 1.82) is 0 Å². The highest BCUT2D eigenvalue weighted by Crippen LogP contribution is 2.29. The maximum absolute atomic E-state index is 14.1. The molecule has 1 atom stereocenters. The average molecular weight is 541 g/mol. The number of carbonyl (C=O) groups excluding carboxylic acids is 1. The van der Waals surface area contributed by atoms with Crippen molar-refractivity contribution in [2.45, 2.75) is 29.8 Å². The van der Waals surface area contributed by atoms with Crippen LogP contribution in [0.25, 0.3) is 0 Å². The summed E-state index contributed by atoms with van der Waals surface area (Å²) in [4.78, 5) is 18.2. The molecule has 3 aromatic rings. The second-order valence-corrected chi connectivity index (χ2v) is 11.0. The predicted molar refractivity (Wildman–Crippen MR) is 140 cm³/mol. The van der Waals surface area contributed by atoms with Crippen molar-refractivity contribution in [3.05, 3.63) is 95.8 Å². The molecular formula is C28H29FN2O6S. The van der Waals surface area contributed by atoms with Gasteiger partial charge in [-0.1, -0.05) is 36.4 Å². The molecule has 0 saturated heterocycles. The van der Waals surface area contributed by atoms with Crippen molar-refractivity contribution in [2.75, 3.05) is 25.6 Å². The molecule has 4 rings (SSSR count). The lowest BCUT2D eigenvalue weighted by Gasteiger charge is -2.23. The average Bonchev–Trinajstić information content (AvgIpc) is 3.38. The number of nitrogens with one attached hydrogen (secondary N) is 1. The van der Waals surface area contributed by atoms with Crippen LogP contribution in [0.2, 0.25) is 0 Å². The molecule has 0 aliphatic carbocycles. The number of rotatable bonds is 12. The highest BCUT2D eigenvalue weighted by Gasteiger charge is 2.45. The molecule has 0 fully saturated rings. The Morgan fingerprint density at radius 3 is 2.47 bits per heavy atom. The van der Waals surface area contributed by atoms with Crippen LogP contribution < -0.4 is 10.1 Å². The summed E-state index contributed by atoms with van der Waals surface area (Å²) < 4.78 is 51.4. The van der Waals surface area contributed by atoms with Crippen molar-refractivity contribution in [3.63, 3.8) is 0 Å². The standard InChI is InChI=1S/C28H29FN2O6S/c29-25-10-5-4-7-22(25)19-30-27(33)28(15-18-38(34,35)24-8-2-1-3-9-24)20-37-26(31-28)21-11-13-23(14-12-21)36-17-6-16-32/h1-5,7-14,32H,6,15-20H2,(H,30,33)/t28-/m1/s1. The zero-order chi connectivity index (χ0) is 27.0. The first kappa shape index (κ1) is 27.3. The summed E-state index contributed by atoms with van der Waals surface area (Å²) >= 11 is 0. The third kappa shape index (κ3) is 6.56. The van der Waals surface area contributed by atoms with E-state index in [1.807, 2.05) is 0 Å². The lowest BCUT2D eigenvalue weighted by Crippen LogP contribution is -2.47. The number of aliphatic hydroxyl groups excluding tert-OH is 1. The minimum absolute atomic E-state index is 0.0315. The number of benzene rings is 3. The Morgan fingerprint density at radius 2 is 1.76 bits per heavy atom. The summed E-state index contributed by atoms with van der Waals surface area (Å²) in [6.45, 7) is 0.159. The minimum Gasteiger partial charge on any atom is -0.494 e. The molecule has 0 bridgehead atoms. The van der Waals surface area contributed by atoms with Gasteiger partial charge in [0.15, 0.2) is 15.4 Å². The zero-order valence-electron chi connectivity index (χ0n) is 20.7. The van der Waals surface area contributed by atoms with Crippen LogP contribution in [0, 0.1) is 5.82 Å². The van der Waals surface area contributed by atoms with Crippen molar-refractivity contribution in [1.82, 2.24) is 5.32 Å². The number of amides is 1. The number of halogens is 1. The molecule has 8 nitrogen and oxygen atoms in total. The van der Waals surface area contributed by atoms with Crippen LogP contribution in [-0.4, -0.2) is 56.4 Å². The van der Waals surface area contributed by atoms with Crippen molar-refractivity contribution >= 4 is 21.6 Å². The predicted octanol–water partition coefficient (Wildman–Crippen LogP) is 3.28. The van der Waals surface area contributed by atoms with Gasteiger partial charge in [0.2, 0.25) is 5.90 Å². The molecule has 10 heteroatoms. The first-order valence-corrected chi connectivity index (χ1v) is 13.8. The third-order valence-corrected chi connectivity index (χ3v) is 7.87. The molecule has 0 spiro atoms. The largest absolute Gasteiger partial charge is 0.494 e. The summed E-state index contributed by atoms with van der Waals surface area (Å²) in [6.07, 6.45) is 0.382. The van der Waals surface area contributed by atoms with E-state index in [0.717, 1.165) is 0 Å². The monoisotopic (exact) mass is 540 g/mol. The van der Waals surface area contributed by atoms with Crippen molar-refractivity contribution < 1.29 is 32.2 Å². The second kappa shape index (κ2) is 12.2. The maximum atomic E-state index is 14.1. The smallest absolute Gasteiger partial charge is 0.251 e. The van der Waals surface area contributed by atoms with Gasteiger partial charge in [0.1, 0.15) is 18.2 Å². The van der Waals surface area contributed by atoms with E-state index in [9.17, 15) is 17.6 Å². The maximum Gasteiger partial charge on any atom is 0.251 e. The van der Waals surface area contributed by atoms with E-state index in [4.69, 9.17) is 14.6 Å². The minimum atomic E-state index is -3.69. The summed E-state index contributed by atoms with van der Waals surface area (Å²) in [5, 5.41) is 11.6. The first-order chi connectivity index (χ1) is 18.3. The van der Waals surface area contributed by atoms with E-state index < -0.39 is 27.1 Å². The number of ether oxygens (including phenoxy) is 2. The molecule has 38 heavy (non-hydrogen) atoms. The van der Waals surface area contributed by atoms with E-state index in [-0.39, 0.29) is 42.7 Å². The molecule has 3 aromatic carbocycles. The quantitative estimate of drug-likeness (QED) is 0.341. The fourth-order valence-electron chi connectivity index (χ4n) is 3.93. The van der Waals surface area contributed by atoms with Crippen LogP contribution in [0.5, 0.6) is 5.75 Å². The van der Waals surface area contributed by atoms with Gasteiger partial charge in [0.25, 0.3) is 5.91 Å². The number of hydrogen-bond acceptors (Lipinski definition) is 7. The molecule has 0 radical (unpaired) electrons. The Morgan fingerprint density at radius 1 is 1.05 bits per heavy atom. The highest BCUT2D eigenvalue weighted by molar-refractivity contribution is 7.91. The Labute approximate surface area is 221 Å². The fraction of sp³-hybridized carbons (Fsp3) is 0.286. The number of hydrogen-bond donors (Lipinski definition) is 2. The van der Waals surface area contributed by atoms with E-state index in [0.29, 0.717) is 29.9 Å². The van der Waals surface area contributed by atoms with Gasteiger partial charge in [-0.2, -0.15) is 0 Å². The number of sulfone groups is 1. The Kier molecular flexibility index (Phi) is 8.75. The van der Waals surface area contributed by atoms with Crippen molar-refractivity contribution in [3.8, 4) is 5.75 Å². The normalized spacial score (nSPS) is 16.9. The molecule has 1 aliphatic heterocycles. The van der Waals surface area contributed by atoms with E-state index in [2.05, 4.69) is 10.3 Å². The molecule has 1 heterocycles. The highest BCUT2D eigenvalue weighted by atomic mass is 32.2. The van der Waals surface area contributed by atoms with Crippen LogP contribution in [0.1, 0.15) is 24.0 Å². The number of aliphatic imine (C=N–C) groups is 1. The van der Waals surface area contributed by atoms with Crippen LogP contribution in [0.15, 0.2) is 88.8 Å². The number of carbonyl (C=O) groups is 1. The molecule has 200 valence electrons. The van der Waals surface area contributed by atoms with Crippen LogP contribution >= 0.6 is 0 Å². The van der Waals surface area contributed by atoms with Gasteiger partial charge in [-0.05, 0) is 48.9 Å². The van der Waals surface area contributed by atoms with Gasteiger partial charge >= 0.3 is 0 Å². The van der Waals surface area contributed by atoms with Gasteiger partial charge in [-0.3, -0.25) is 4.79 Å². The van der Waals surface area contributed by atoms with E-state index in [1.54, 1.807) is 60.7 Å². The lowest BCUT2D eigenvalue weighted by molar-refractivity contribution is -0.127. The molecule has 2 N–H and O–H groups in total. The lowest BCUT2D eigenvalue weighted by atomic mass is 9.97. The second-order valence-electron chi connectivity index (χ2n) is 8.84. The van der Waals surface area contributed by atoms with Gasteiger partial charge in [-0.15, -0.1) is 0 Å². The third-order valence-electron chi connectivity index (χ3n) is 6.14. The molecule has 0 saturated carbocycles. The summed E-state index contributed by atoms with van der Waals surface area (Å²) in [5.74, 6) is -0.541. The fourth-order valence-corrected chi connectivity index (χ4v) is 5.35. The molecule has 0 unspecified atom stereocenters. The van der Waals surface area contributed by atoms with Gasteiger partial charge < -0.3 is 19.9 Å². The molecule has 1 amide bonds. The molecule has 1 aliphatic rings. The Hall–Kier alpha value is -3.76. The SMILES string of the molecule is O=C(NCc1ccccc1F)[C@@]1(CCS(=O)(=O)c2ccccc2)COC(c2ccc(OCCCO)cc2)=N1. The molecular weight excluding hydrogens is 511 g/mol. The molecule has 0 aromatic heterocycles. The summed E-state index contributed by atoms with van der Waals surface area (Å²) in [5.41, 5.74) is -0.624. The van der Waals surface area contributed by atoms with Gasteiger partial charge in [0.05, 0.1) is 17.3 Å². The topological polar surface area (TPSA) is 114 Å².